The molecule has 0 spiro atoms. The van der Waals surface area contributed by atoms with Crippen molar-refractivity contribution < 1.29 is 12.6 Å². The molecule has 1 atom stereocenters. The van der Waals surface area contributed by atoms with Gasteiger partial charge in [0.1, 0.15) is 0 Å². The van der Waals surface area contributed by atoms with Crippen LogP contribution in [0.25, 0.3) is 0 Å². The third kappa shape index (κ3) is 3.80. The van der Waals surface area contributed by atoms with Gasteiger partial charge in [0.25, 0.3) is 10.1 Å². The first kappa shape index (κ1) is 16.2. The maximum atomic E-state index is 12.6. The Morgan fingerprint density at radius 1 is 0.957 bits per heavy atom. The third-order valence-electron chi connectivity index (χ3n) is 4.08. The SMILES string of the molecule is Cc1ccc(S(=O)(=O)O[C@@H](c2ccccc2)N2CCCC2)cc1. The van der Waals surface area contributed by atoms with E-state index in [-0.39, 0.29) is 4.90 Å². The number of benzene rings is 2. The summed E-state index contributed by atoms with van der Waals surface area (Å²) >= 11 is 0. The van der Waals surface area contributed by atoms with Gasteiger partial charge in [0.15, 0.2) is 6.23 Å². The van der Waals surface area contributed by atoms with Crippen LogP contribution in [0.3, 0.4) is 0 Å². The summed E-state index contributed by atoms with van der Waals surface area (Å²) < 4.78 is 30.9. The summed E-state index contributed by atoms with van der Waals surface area (Å²) in [6.45, 7) is 3.63. The Hall–Kier alpha value is -1.69. The van der Waals surface area contributed by atoms with Gasteiger partial charge in [-0.3, -0.25) is 4.90 Å². The van der Waals surface area contributed by atoms with Crippen LogP contribution in [0.4, 0.5) is 0 Å². The third-order valence-corrected chi connectivity index (χ3v) is 5.37. The lowest BCUT2D eigenvalue weighted by atomic mass is 10.2. The number of hydrogen-bond donors (Lipinski definition) is 0. The number of hydrogen-bond acceptors (Lipinski definition) is 4. The zero-order valence-electron chi connectivity index (χ0n) is 13.2. The summed E-state index contributed by atoms with van der Waals surface area (Å²) in [5.74, 6) is 0. The highest BCUT2D eigenvalue weighted by molar-refractivity contribution is 7.86. The molecular weight excluding hydrogens is 310 g/mol. The quantitative estimate of drug-likeness (QED) is 0.787. The Balaban J connectivity index is 1.90. The van der Waals surface area contributed by atoms with Gasteiger partial charge in [-0.05, 0) is 37.5 Å². The van der Waals surface area contributed by atoms with Crippen LogP contribution in [0.15, 0.2) is 59.5 Å². The van der Waals surface area contributed by atoms with Crippen molar-refractivity contribution in [2.75, 3.05) is 13.1 Å². The normalized spacial score (nSPS) is 17.3. The first-order valence-electron chi connectivity index (χ1n) is 7.85. The van der Waals surface area contributed by atoms with Gasteiger partial charge < -0.3 is 0 Å². The fourth-order valence-corrected chi connectivity index (χ4v) is 3.85. The molecule has 1 saturated heterocycles. The van der Waals surface area contributed by atoms with Gasteiger partial charge in [0.2, 0.25) is 0 Å². The zero-order valence-corrected chi connectivity index (χ0v) is 14.0. The number of aryl methyl sites for hydroxylation is 1. The highest BCUT2D eigenvalue weighted by Gasteiger charge is 2.29. The summed E-state index contributed by atoms with van der Waals surface area (Å²) in [5.41, 5.74) is 1.88. The first-order valence-corrected chi connectivity index (χ1v) is 9.26. The average Bonchev–Trinajstić information content (AvgIpc) is 3.08. The van der Waals surface area contributed by atoms with Gasteiger partial charge in [-0.2, -0.15) is 8.42 Å². The summed E-state index contributed by atoms with van der Waals surface area (Å²) in [6.07, 6.45) is 1.57. The minimum absolute atomic E-state index is 0.197. The smallest absolute Gasteiger partial charge is 0.273 e. The molecule has 0 bridgehead atoms. The van der Waals surface area contributed by atoms with Gasteiger partial charge in [-0.1, -0.05) is 48.0 Å². The van der Waals surface area contributed by atoms with E-state index < -0.39 is 16.3 Å². The minimum Gasteiger partial charge on any atom is -0.273 e. The predicted octanol–water partition coefficient (Wildman–Crippen LogP) is 3.49. The molecule has 4 nitrogen and oxygen atoms in total. The molecule has 122 valence electrons. The highest BCUT2D eigenvalue weighted by atomic mass is 32.2. The molecule has 1 aliphatic heterocycles. The second-order valence-corrected chi connectivity index (χ2v) is 7.44. The fourth-order valence-electron chi connectivity index (χ4n) is 2.80. The molecular formula is C18H21NO3S. The van der Waals surface area contributed by atoms with E-state index >= 15 is 0 Å². The zero-order chi connectivity index (χ0) is 16.3. The van der Waals surface area contributed by atoms with Gasteiger partial charge in [0, 0.05) is 13.1 Å². The molecule has 1 heterocycles. The number of rotatable bonds is 5. The Bertz CT molecular complexity index is 736. The van der Waals surface area contributed by atoms with Gasteiger partial charge >= 0.3 is 0 Å². The van der Waals surface area contributed by atoms with Gasteiger partial charge in [0.05, 0.1) is 4.90 Å². The summed E-state index contributed by atoms with van der Waals surface area (Å²) in [4.78, 5) is 2.28. The van der Waals surface area contributed by atoms with E-state index in [2.05, 4.69) is 4.90 Å². The molecule has 3 rings (SSSR count). The van der Waals surface area contributed by atoms with Crippen molar-refractivity contribution in [1.82, 2.24) is 4.90 Å². The Labute approximate surface area is 137 Å². The van der Waals surface area contributed by atoms with E-state index in [0.717, 1.165) is 37.1 Å². The molecule has 0 unspecified atom stereocenters. The van der Waals surface area contributed by atoms with Crippen LogP contribution < -0.4 is 0 Å². The Morgan fingerprint density at radius 3 is 2.17 bits per heavy atom. The van der Waals surface area contributed by atoms with Crippen molar-refractivity contribution in [2.24, 2.45) is 0 Å². The Kier molecular flexibility index (Phi) is 4.80. The molecule has 2 aromatic carbocycles. The maximum Gasteiger partial charge on any atom is 0.298 e. The van der Waals surface area contributed by atoms with Crippen LogP contribution in [-0.2, 0) is 14.3 Å². The molecule has 0 saturated carbocycles. The van der Waals surface area contributed by atoms with Crippen LogP contribution in [0, 0.1) is 6.92 Å². The van der Waals surface area contributed by atoms with Crippen LogP contribution in [0.5, 0.6) is 0 Å². The molecule has 2 aromatic rings. The lowest BCUT2D eigenvalue weighted by Gasteiger charge is -2.27. The van der Waals surface area contributed by atoms with Gasteiger partial charge in [-0.25, -0.2) is 4.18 Å². The van der Waals surface area contributed by atoms with Gasteiger partial charge in [-0.15, -0.1) is 0 Å². The molecule has 5 heteroatoms. The van der Waals surface area contributed by atoms with E-state index in [1.807, 2.05) is 37.3 Å². The fraction of sp³-hybridized carbons (Fsp3) is 0.333. The molecule has 0 radical (unpaired) electrons. The van der Waals surface area contributed by atoms with Crippen molar-refractivity contribution in [3.05, 3.63) is 65.7 Å². The number of likely N-dealkylation sites (tertiary alicyclic amines) is 1. The van der Waals surface area contributed by atoms with Crippen molar-refractivity contribution in [3.63, 3.8) is 0 Å². The second kappa shape index (κ2) is 6.83. The van der Waals surface area contributed by atoms with E-state index in [9.17, 15) is 8.42 Å². The van der Waals surface area contributed by atoms with Crippen molar-refractivity contribution in [3.8, 4) is 0 Å². The monoisotopic (exact) mass is 331 g/mol. The largest absolute Gasteiger partial charge is 0.298 e. The molecule has 23 heavy (non-hydrogen) atoms. The van der Waals surface area contributed by atoms with Crippen LogP contribution >= 0.6 is 0 Å². The topological polar surface area (TPSA) is 46.6 Å². The van der Waals surface area contributed by atoms with Crippen LogP contribution in [0.1, 0.15) is 30.2 Å². The standard InChI is InChI=1S/C18H21NO3S/c1-15-9-11-17(12-10-15)23(20,21)22-18(19-13-5-6-14-19)16-7-3-2-4-8-16/h2-4,7-12,18H,5-6,13-14H2,1H3/t18-/m0/s1. The van der Waals surface area contributed by atoms with E-state index in [1.54, 1.807) is 24.3 Å². The molecule has 0 amide bonds. The summed E-state index contributed by atoms with van der Waals surface area (Å²) in [7, 11) is -3.80. The average molecular weight is 331 g/mol. The van der Waals surface area contributed by atoms with E-state index in [4.69, 9.17) is 4.18 Å². The molecule has 0 aromatic heterocycles. The Morgan fingerprint density at radius 2 is 1.57 bits per heavy atom. The molecule has 1 fully saturated rings. The maximum absolute atomic E-state index is 12.6. The van der Waals surface area contributed by atoms with E-state index in [0.29, 0.717) is 0 Å². The molecule has 0 aliphatic carbocycles. The van der Waals surface area contributed by atoms with Crippen molar-refractivity contribution in [1.29, 1.82) is 0 Å². The summed E-state index contributed by atoms with van der Waals surface area (Å²) in [5, 5.41) is 0. The summed E-state index contributed by atoms with van der Waals surface area (Å²) in [6, 6.07) is 16.3. The minimum atomic E-state index is -3.80. The van der Waals surface area contributed by atoms with Crippen LogP contribution in [0.2, 0.25) is 0 Å². The highest BCUT2D eigenvalue weighted by Crippen LogP contribution is 2.30. The lowest BCUT2D eigenvalue weighted by Crippen LogP contribution is -2.29. The molecule has 1 aliphatic rings. The first-order chi connectivity index (χ1) is 11.1. The molecule has 0 N–H and O–H groups in total. The predicted molar refractivity (Wildman–Crippen MR) is 89.4 cm³/mol. The second-order valence-electron chi connectivity index (χ2n) is 5.87. The van der Waals surface area contributed by atoms with Crippen LogP contribution in [-0.4, -0.2) is 26.4 Å². The van der Waals surface area contributed by atoms with Crippen molar-refractivity contribution >= 4 is 10.1 Å². The number of nitrogens with zero attached hydrogens (tertiary/aromatic N) is 1. The lowest BCUT2D eigenvalue weighted by molar-refractivity contribution is 0.0481. The van der Waals surface area contributed by atoms with Crippen molar-refractivity contribution in [2.45, 2.75) is 30.9 Å². The van der Waals surface area contributed by atoms with E-state index in [1.165, 1.54) is 0 Å².